The zero-order valence-electron chi connectivity index (χ0n) is 8.90. The van der Waals surface area contributed by atoms with Gasteiger partial charge in [-0.05, 0) is 27.7 Å². The molecule has 0 fully saturated rings. The molecule has 0 amide bonds. The molecule has 0 aromatic carbocycles. The molecule has 4 nitrogen and oxygen atoms in total. The van der Waals surface area contributed by atoms with Gasteiger partial charge in [-0.3, -0.25) is 0 Å². The number of rotatable bonds is 3. The fourth-order valence-corrected chi connectivity index (χ4v) is 1.61. The Morgan fingerprint density at radius 2 is 2.21 bits per heavy atom. The van der Waals surface area contributed by atoms with Gasteiger partial charge in [-0.15, -0.1) is 0 Å². The lowest BCUT2D eigenvalue weighted by molar-refractivity contribution is 0.448. The van der Waals surface area contributed by atoms with Gasteiger partial charge in [0, 0.05) is 0 Å². The third-order valence-corrected chi connectivity index (χ3v) is 3.34. The highest BCUT2D eigenvalue weighted by Gasteiger charge is 2.22. The molecule has 1 heterocycles. The molecule has 1 aromatic heterocycles. The minimum atomic E-state index is -1.10. The Morgan fingerprint density at radius 1 is 1.57 bits per heavy atom. The zero-order chi connectivity index (χ0) is 10.8. The summed E-state index contributed by atoms with van der Waals surface area (Å²) in [6.45, 7) is 7.62. The maximum absolute atomic E-state index is 11.7. The summed E-state index contributed by atoms with van der Waals surface area (Å²) in [7, 11) is -1.10. The van der Waals surface area contributed by atoms with Crippen LogP contribution < -0.4 is 4.72 Å². The molecule has 2 atom stereocenters. The molecule has 0 radical (unpaired) electrons. The minimum absolute atomic E-state index is 0.134. The van der Waals surface area contributed by atoms with Crippen LogP contribution in [0, 0.1) is 0 Å². The Balaban J connectivity index is 2.58. The molecule has 5 heteroatoms. The van der Waals surface area contributed by atoms with Gasteiger partial charge < -0.3 is 4.42 Å². The monoisotopic (exact) mass is 216 g/mol. The van der Waals surface area contributed by atoms with Gasteiger partial charge in [0.1, 0.15) is 6.26 Å². The van der Waals surface area contributed by atoms with Crippen LogP contribution >= 0.6 is 0 Å². The van der Waals surface area contributed by atoms with Crippen molar-refractivity contribution in [3.05, 3.63) is 18.4 Å². The second-order valence-corrected chi connectivity index (χ2v) is 6.09. The first-order valence-electron chi connectivity index (χ1n) is 4.48. The zero-order valence-corrected chi connectivity index (χ0v) is 9.72. The molecule has 0 saturated heterocycles. The first-order chi connectivity index (χ1) is 6.41. The van der Waals surface area contributed by atoms with E-state index in [4.69, 9.17) is 4.42 Å². The molecule has 1 aromatic rings. The van der Waals surface area contributed by atoms with Crippen LogP contribution in [0.3, 0.4) is 0 Å². The van der Waals surface area contributed by atoms with E-state index in [1.165, 1.54) is 6.26 Å². The molecule has 14 heavy (non-hydrogen) atoms. The summed E-state index contributed by atoms with van der Waals surface area (Å²) in [6.07, 6.45) is 3.08. The molecule has 1 rings (SSSR count). The lowest BCUT2D eigenvalue weighted by Crippen LogP contribution is -2.34. The predicted octanol–water partition coefficient (Wildman–Crippen LogP) is 1.79. The molecule has 0 bridgehead atoms. The quantitative estimate of drug-likeness (QED) is 0.838. The third kappa shape index (κ3) is 2.92. The summed E-state index contributed by atoms with van der Waals surface area (Å²) in [5.74, 6) is 0.558. The van der Waals surface area contributed by atoms with E-state index in [1.807, 2.05) is 27.7 Å². The summed E-state index contributed by atoms with van der Waals surface area (Å²) in [5.41, 5.74) is 0. The molecule has 0 unspecified atom stereocenters. The van der Waals surface area contributed by atoms with E-state index in [1.54, 1.807) is 6.20 Å². The fraction of sp³-hybridized carbons (Fsp3) is 0.667. The Bertz CT molecular complexity index is 303. The van der Waals surface area contributed by atoms with Crippen LogP contribution in [0.5, 0.6) is 0 Å². The molecule has 0 aliphatic rings. The highest BCUT2D eigenvalue weighted by atomic mass is 32.2. The van der Waals surface area contributed by atoms with Crippen molar-refractivity contribution in [1.82, 2.24) is 9.71 Å². The minimum Gasteiger partial charge on any atom is -0.447 e. The average molecular weight is 216 g/mol. The van der Waals surface area contributed by atoms with Gasteiger partial charge in [0.05, 0.1) is 28.0 Å². The van der Waals surface area contributed by atoms with E-state index >= 15 is 0 Å². The number of oxazole rings is 1. The normalized spacial score (nSPS) is 16.6. The van der Waals surface area contributed by atoms with Crippen molar-refractivity contribution in [2.45, 2.75) is 38.5 Å². The standard InChI is InChI=1S/C9H16N2O2S/c1-7(8-10-5-6-13-8)11-14(12)9(2,3)4/h5-7,11H,1-4H3/t7-,14-/m1/s1. The van der Waals surface area contributed by atoms with Crippen LogP contribution in [0.4, 0.5) is 0 Å². The van der Waals surface area contributed by atoms with E-state index in [2.05, 4.69) is 9.71 Å². The highest BCUT2D eigenvalue weighted by molar-refractivity contribution is 7.84. The topological polar surface area (TPSA) is 55.1 Å². The molecule has 0 aliphatic carbocycles. The molecular weight excluding hydrogens is 200 g/mol. The maximum atomic E-state index is 11.7. The van der Waals surface area contributed by atoms with Crippen molar-refractivity contribution in [3.63, 3.8) is 0 Å². The molecule has 1 N–H and O–H groups in total. The predicted molar refractivity (Wildman–Crippen MR) is 55.9 cm³/mol. The van der Waals surface area contributed by atoms with E-state index in [0.29, 0.717) is 5.89 Å². The summed E-state index contributed by atoms with van der Waals surface area (Å²) in [5, 5.41) is 0. The van der Waals surface area contributed by atoms with Crippen molar-refractivity contribution in [2.24, 2.45) is 0 Å². The van der Waals surface area contributed by atoms with Gasteiger partial charge in [-0.1, -0.05) is 0 Å². The van der Waals surface area contributed by atoms with Crippen LogP contribution in [0.1, 0.15) is 39.6 Å². The molecule has 0 aliphatic heterocycles. The van der Waals surface area contributed by atoms with Gasteiger partial charge in [0.25, 0.3) is 0 Å². The van der Waals surface area contributed by atoms with Gasteiger partial charge in [-0.2, -0.15) is 0 Å². The maximum Gasteiger partial charge on any atom is 0.211 e. The molecular formula is C9H16N2O2S. The molecule has 80 valence electrons. The van der Waals surface area contributed by atoms with Gasteiger partial charge >= 0.3 is 0 Å². The largest absolute Gasteiger partial charge is 0.447 e. The van der Waals surface area contributed by atoms with E-state index < -0.39 is 11.0 Å². The first-order valence-corrected chi connectivity index (χ1v) is 5.63. The molecule has 0 saturated carbocycles. The smallest absolute Gasteiger partial charge is 0.211 e. The van der Waals surface area contributed by atoms with Gasteiger partial charge in [0.2, 0.25) is 5.89 Å². The number of nitrogens with zero attached hydrogens (tertiary/aromatic N) is 1. The summed E-state index contributed by atoms with van der Waals surface area (Å²) in [4.78, 5) is 3.99. The van der Waals surface area contributed by atoms with E-state index in [0.717, 1.165) is 0 Å². The summed E-state index contributed by atoms with van der Waals surface area (Å²) >= 11 is 0. The number of aromatic nitrogens is 1. The van der Waals surface area contributed by atoms with Gasteiger partial charge in [0.15, 0.2) is 0 Å². The lowest BCUT2D eigenvalue weighted by atomic mass is 10.3. The van der Waals surface area contributed by atoms with Crippen LogP contribution in [0.2, 0.25) is 0 Å². The van der Waals surface area contributed by atoms with Crippen LogP contribution in [-0.4, -0.2) is 13.9 Å². The Kier molecular flexibility index (Phi) is 3.44. The van der Waals surface area contributed by atoms with E-state index in [-0.39, 0.29) is 10.8 Å². The van der Waals surface area contributed by atoms with E-state index in [9.17, 15) is 4.21 Å². The average Bonchev–Trinajstić information content (AvgIpc) is 2.53. The van der Waals surface area contributed by atoms with Crippen LogP contribution in [0.25, 0.3) is 0 Å². The summed E-state index contributed by atoms with van der Waals surface area (Å²) in [6, 6.07) is -0.134. The highest BCUT2D eigenvalue weighted by Crippen LogP contribution is 2.15. The lowest BCUT2D eigenvalue weighted by Gasteiger charge is -2.20. The van der Waals surface area contributed by atoms with Crippen LogP contribution in [-0.2, 0) is 11.0 Å². The SMILES string of the molecule is C[C@@H](N[S@](=O)C(C)(C)C)c1ncco1. The van der Waals surface area contributed by atoms with Crippen molar-refractivity contribution in [3.8, 4) is 0 Å². The van der Waals surface area contributed by atoms with Crippen molar-refractivity contribution >= 4 is 11.0 Å². The first kappa shape index (κ1) is 11.4. The number of hydrogen-bond acceptors (Lipinski definition) is 3. The van der Waals surface area contributed by atoms with Gasteiger partial charge in [-0.25, -0.2) is 13.9 Å². The Morgan fingerprint density at radius 3 is 2.64 bits per heavy atom. The Labute approximate surface area is 86.7 Å². The van der Waals surface area contributed by atoms with Crippen molar-refractivity contribution in [1.29, 1.82) is 0 Å². The molecule has 0 spiro atoms. The second kappa shape index (κ2) is 4.23. The summed E-state index contributed by atoms with van der Waals surface area (Å²) < 4.78 is 19.5. The number of hydrogen-bond donors (Lipinski definition) is 1. The fourth-order valence-electron chi connectivity index (χ4n) is 0.836. The van der Waals surface area contributed by atoms with Crippen LogP contribution in [0.15, 0.2) is 16.9 Å². The second-order valence-electron chi connectivity index (χ2n) is 4.09. The van der Waals surface area contributed by atoms with Crippen molar-refractivity contribution < 1.29 is 8.63 Å². The number of nitrogens with one attached hydrogen (secondary N) is 1. The van der Waals surface area contributed by atoms with Crippen molar-refractivity contribution in [2.75, 3.05) is 0 Å². The Hall–Kier alpha value is -0.680. The third-order valence-electron chi connectivity index (χ3n) is 1.66.